The Hall–Kier alpha value is -0.370. The maximum absolute atomic E-state index is 3.14. The molecule has 0 bridgehead atoms. The molecule has 0 aromatic rings. The molecule has 2 heteroatoms. The van der Waals surface area contributed by atoms with Gasteiger partial charge in [-0.3, -0.25) is 5.32 Å². The largest absolute Gasteiger partial charge is 0.252 e. The first-order valence-corrected chi connectivity index (χ1v) is 2.14. The third-order valence-corrected chi connectivity index (χ3v) is 0.909. The summed E-state index contributed by atoms with van der Waals surface area (Å²) in [6.45, 7) is 2.05. The van der Waals surface area contributed by atoms with Crippen molar-refractivity contribution in [3.05, 3.63) is 0 Å². The van der Waals surface area contributed by atoms with Gasteiger partial charge in [-0.1, -0.05) is 0 Å². The van der Waals surface area contributed by atoms with Crippen LogP contribution in [0.4, 0.5) is 0 Å². The normalized spacial score (nSPS) is 21.2. The van der Waals surface area contributed by atoms with E-state index < -0.39 is 0 Å². The fourth-order valence-electron chi connectivity index (χ4n) is 0.526. The number of hydrogen-bond acceptors (Lipinski definition) is 1. The van der Waals surface area contributed by atoms with Gasteiger partial charge < -0.3 is 0 Å². The van der Waals surface area contributed by atoms with Crippen LogP contribution in [0.15, 0.2) is 0 Å². The molecule has 0 aliphatic carbocycles. The molecule has 1 aliphatic rings. The lowest BCUT2D eigenvalue weighted by molar-refractivity contribution is -0.488. The van der Waals surface area contributed by atoms with Gasteiger partial charge in [0.25, 0.3) is 0 Å². The highest BCUT2D eigenvalue weighted by Crippen LogP contribution is 1.67. The second kappa shape index (κ2) is 1.39. The van der Waals surface area contributed by atoms with Crippen molar-refractivity contribution in [2.45, 2.75) is 0 Å². The zero-order valence-electron chi connectivity index (χ0n) is 3.94. The molecule has 6 heavy (non-hydrogen) atoms. The predicted octanol–water partition coefficient (Wildman–Crippen LogP) is -0.740. The average molecular weight is 85.1 g/mol. The van der Waals surface area contributed by atoms with E-state index >= 15 is 0 Å². The Morgan fingerprint density at radius 1 is 1.83 bits per heavy atom. The van der Waals surface area contributed by atoms with Crippen LogP contribution in [0.3, 0.4) is 0 Å². The molecule has 0 spiro atoms. The van der Waals surface area contributed by atoms with E-state index in [-0.39, 0.29) is 0 Å². The molecule has 34 valence electrons. The molecule has 0 fully saturated rings. The first-order valence-electron chi connectivity index (χ1n) is 2.14. The Kier molecular flexibility index (Phi) is 0.881. The molecule has 0 aromatic carbocycles. The quantitative estimate of drug-likeness (QED) is 0.383. The summed E-state index contributed by atoms with van der Waals surface area (Å²) >= 11 is 0. The molecule has 1 rings (SSSR count). The van der Waals surface area contributed by atoms with Crippen LogP contribution < -0.4 is 5.32 Å². The van der Waals surface area contributed by atoms with Crippen molar-refractivity contribution in [2.24, 2.45) is 0 Å². The van der Waals surface area contributed by atoms with E-state index in [0.29, 0.717) is 0 Å². The van der Waals surface area contributed by atoms with Crippen LogP contribution in [0.1, 0.15) is 0 Å². The van der Waals surface area contributed by atoms with Crippen LogP contribution in [-0.2, 0) is 0 Å². The standard InChI is InChI=1S/C4H9N2/c1-6-3-2-5-4-6/h3,5H,2,4H2,1H3/q+1. The first kappa shape index (κ1) is 3.81. The molecule has 0 atom stereocenters. The molecule has 0 amide bonds. The minimum Gasteiger partial charge on any atom is -0.252 e. The Balaban J connectivity index is 2.45. The van der Waals surface area contributed by atoms with Gasteiger partial charge in [0.2, 0.25) is 0 Å². The Morgan fingerprint density at radius 2 is 2.67 bits per heavy atom. The topological polar surface area (TPSA) is 15.0 Å². The monoisotopic (exact) mass is 85.1 g/mol. The van der Waals surface area contributed by atoms with Gasteiger partial charge >= 0.3 is 0 Å². The van der Waals surface area contributed by atoms with Gasteiger partial charge in [0.05, 0.1) is 6.54 Å². The maximum atomic E-state index is 3.14. The molecule has 1 heterocycles. The van der Waals surface area contributed by atoms with Crippen molar-refractivity contribution in [3.63, 3.8) is 0 Å². The lowest BCUT2D eigenvalue weighted by Crippen LogP contribution is -2.12. The van der Waals surface area contributed by atoms with E-state index in [1.807, 2.05) is 0 Å². The molecule has 1 N–H and O–H groups in total. The highest BCUT2D eigenvalue weighted by molar-refractivity contribution is 5.54. The lowest BCUT2D eigenvalue weighted by atomic mass is 10.8. The van der Waals surface area contributed by atoms with Crippen molar-refractivity contribution < 1.29 is 4.58 Å². The van der Waals surface area contributed by atoms with E-state index in [9.17, 15) is 0 Å². The van der Waals surface area contributed by atoms with E-state index in [0.717, 1.165) is 13.2 Å². The summed E-state index contributed by atoms with van der Waals surface area (Å²) in [5, 5.41) is 3.14. The maximum Gasteiger partial charge on any atom is 0.196 e. The van der Waals surface area contributed by atoms with E-state index in [2.05, 4.69) is 23.2 Å². The summed E-state index contributed by atoms with van der Waals surface area (Å²) in [6, 6.07) is 0. The minimum atomic E-state index is 1.01. The van der Waals surface area contributed by atoms with Gasteiger partial charge in [-0.2, -0.15) is 0 Å². The lowest BCUT2D eigenvalue weighted by Gasteiger charge is -1.79. The fourth-order valence-corrected chi connectivity index (χ4v) is 0.526. The van der Waals surface area contributed by atoms with Crippen molar-refractivity contribution >= 4 is 6.21 Å². The number of nitrogens with one attached hydrogen (secondary N) is 1. The third-order valence-electron chi connectivity index (χ3n) is 0.909. The highest BCUT2D eigenvalue weighted by atomic mass is 15.2. The van der Waals surface area contributed by atoms with Gasteiger partial charge in [0.1, 0.15) is 7.05 Å². The molecule has 2 nitrogen and oxygen atoms in total. The summed E-state index contributed by atoms with van der Waals surface area (Å²) in [5.74, 6) is 0. The molecular weight excluding hydrogens is 76.1 g/mol. The molecule has 1 aliphatic heterocycles. The van der Waals surface area contributed by atoms with Crippen LogP contribution in [0.25, 0.3) is 0 Å². The van der Waals surface area contributed by atoms with E-state index in [1.54, 1.807) is 0 Å². The van der Waals surface area contributed by atoms with Crippen LogP contribution >= 0.6 is 0 Å². The zero-order chi connectivity index (χ0) is 4.41. The Labute approximate surface area is 37.5 Å². The van der Waals surface area contributed by atoms with Crippen LogP contribution in [0, 0.1) is 0 Å². The van der Waals surface area contributed by atoms with Gasteiger partial charge in [0, 0.05) is 0 Å². The smallest absolute Gasteiger partial charge is 0.196 e. The van der Waals surface area contributed by atoms with E-state index in [1.165, 1.54) is 0 Å². The van der Waals surface area contributed by atoms with Crippen molar-refractivity contribution in [1.29, 1.82) is 0 Å². The van der Waals surface area contributed by atoms with Gasteiger partial charge in [-0.15, -0.1) is 0 Å². The zero-order valence-corrected chi connectivity index (χ0v) is 3.94. The van der Waals surface area contributed by atoms with Crippen LogP contribution in [0.2, 0.25) is 0 Å². The Morgan fingerprint density at radius 3 is 2.83 bits per heavy atom. The van der Waals surface area contributed by atoms with Crippen molar-refractivity contribution in [1.82, 2.24) is 5.32 Å². The summed E-state index contributed by atoms with van der Waals surface area (Å²) < 4.78 is 2.12. The first-order chi connectivity index (χ1) is 2.89. The molecular formula is C4H9N2+. The molecule has 0 saturated carbocycles. The minimum absolute atomic E-state index is 1.01. The summed E-state index contributed by atoms with van der Waals surface area (Å²) in [5.41, 5.74) is 0. The average Bonchev–Trinajstić information content (AvgIpc) is 1.86. The van der Waals surface area contributed by atoms with Gasteiger partial charge in [-0.25, -0.2) is 4.58 Å². The third kappa shape index (κ3) is 0.571. The summed E-state index contributed by atoms with van der Waals surface area (Å²) in [4.78, 5) is 0. The van der Waals surface area contributed by atoms with Gasteiger partial charge in [0.15, 0.2) is 12.9 Å². The number of nitrogens with zero attached hydrogens (tertiary/aromatic N) is 1. The summed E-state index contributed by atoms with van der Waals surface area (Å²) in [6.07, 6.45) is 2.12. The fraction of sp³-hybridized carbons (Fsp3) is 0.750. The van der Waals surface area contributed by atoms with Crippen LogP contribution in [-0.4, -0.2) is 31.1 Å². The number of rotatable bonds is 0. The number of hydrogen-bond donors (Lipinski definition) is 1. The second-order valence-electron chi connectivity index (χ2n) is 1.55. The Bertz CT molecular complexity index is 75.6. The molecule has 0 saturated heterocycles. The predicted molar refractivity (Wildman–Crippen MR) is 25.1 cm³/mol. The molecule has 0 unspecified atom stereocenters. The highest BCUT2D eigenvalue weighted by Gasteiger charge is 1.99. The van der Waals surface area contributed by atoms with Crippen LogP contribution in [0.5, 0.6) is 0 Å². The van der Waals surface area contributed by atoms with E-state index in [4.69, 9.17) is 0 Å². The second-order valence-corrected chi connectivity index (χ2v) is 1.55. The van der Waals surface area contributed by atoms with Gasteiger partial charge in [-0.05, 0) is 0 Å². The van der Waals surface area contributed by atoms with Crippen molar-refractivity contribution in [3.8, 4) is 0 Å². The summed E-state index contributed by atoms with van der Waals surface area (Å²) in [7, 11) is 2.06. The molecule has 0 radical (unpaired) electrons. The molecule has 0 aromatic heterocycles. The SMILES string of the molecule is C[N+]1=CCNC1. The van der Waals surface area contributed by atoms with Crippen molar-refractivity contribution in [2.75, 3.05) is 20.3 Å².